The van der Waals surface area contributed by atoms with Crippen LogP contribution in [0, 0.1) is 5.41 Å². The summed E-state index contributed by atoms with van der Waals surface area (Å²) >= 11 is 0. The molecule has 0 saturated carbocycles. The Morgan fingerprint density at radius 2 is 1.83 bits per heavy atom. The maximum Gasteiger partial charge on any atom is 0.240 e. The molecule has 0 aliphatic carbocycles. The third kappa shape index (κ3) is 6.90. The Kier molecular flexibility index (Phi) is 8.91. The Bertz CT molecular complexity index is 235. The number of hydrogen-bond donors (Lipinski definition) is 2. The molecule has 0 unspecified atom stereocenters. The van der Waals surface area contributed by atoms with Crippen molar-refractivity contribution in [1.82, 2.24) is 10.3 Å². The number of hydrogen-bond acceptors (Lipinski definition) is 5. The Hall–Kier alpha value is -0.690. The molecule has 0 aromatic rings. The molecular weight excluding hydrogens is 234 g/mol. The van der Waals surface area contributed by atoms with Crippen molar-refractivity contribution in [3.05, 3.63) is 0 Å². The quantitative estimate of drug-likeness (QED) is 0.250. The lowest BCUT2D eigenvalue weighted by atomic mass is 9.91. The largest absolute Gasteiger partial charge is 0.385 e. The molecule has 0 spiro atoms. The molecular formula is C12H27N3O3. The van der Waals surface area contributed by atoms with E-state index >= 15 is 0 Å². The first kappa shape index (κ1) is 17.3. The lowest BCUT2D eigenvalue weighted by molar-refractivity contribution is -0.130. The minimum atomic E-state index is -0.518. The van der Waals surface area contributed by atoms with Crippen LogP contribution in [0.1, 0.15) is 20.3 Å². The van der Waals surface area contributed by atoms with Crippen molar-refractivity contribution < 1.29 is 14.3 Å². The summed E-state index contributed by atoms with van der Waals surface area (Å²) in [6.07, 6.45) is 0.931. The van der Waals surface area contributed by atoms with Crippen LogP contribution in [0.3, 0.4) is 0 Å². The van der Waals surface area contributed by atoms with Gasteiger partial charge in [0, 0.05) is 40.5 Å². The van der Waals surface area contributed by atoms with Gasteiger partial charge in [-0.2, -0.15) is 0 Å². The van der Waals surface area contributed by atoms with Crippen molar-refractivity contribution in [3.8, 4) is 0 Å². The number of carbonyl (C=O) groups excluding carboxylic acids is 1. The normalized spacial score (nSPS) is 11.9. The SMILES string of the molecule is COCCCN(CCOC)CC(C)(C)C(=O)NN. The average Bonchev–Trinajstić information content (AvgIpc) is 2.34. The van der Waals surface area contributed by atoms with E-state index in [0.29, 0.717) is 19.8 Å². The van der Waals surface area contributed by atoms with E-state index in [4.69, 9.17) is 15.3 Å². The predicted octanol–water partition coefficient (Wildman–Crippen LogP) is -0.0126. The van der Waals surface area contributed by atoms with Gasteiger partial charge in [-0.1, -0.05) is 0 Å². The summed E-state index contributed by atoms with van der Waals surface area (Å²) in [5.74, 6) is 5.04. The van der Waals surface area contributed by atoms with Gasteiger partial charge in [0.05, 0.1) is 12.0 Å². The van der Waals surface area contributed by atoms with Crippen molar-refractivity contribution in [2.45, 2.75) is 20.3 Å². The van der Waals surface area contributed by atoms with E-state index in [2.05, 4.69) is 10.3 Å². The third-order valence-electron chi connectivity index (χ3n) is 2.80. The van der Waals surface area contributed by atoms with Gasteiger partial charge in [-0.25, -0.2) is 5.84 Å². The van der Waals surface area contributed by atoms with E-state index in [1.807, 2.05) is 13.8 Å². The zero-order chi connectivity index (χ0) is 14.0. The van der Waals surface area contributed by atoms with Gasteiger partial charge in [-0.3, -0.25) is 15.1 Å². The summed E-state index contributed by atoms with van der Waals surface area (Å²) in [6.45, 7) is 7.43. The van der Waals surface area contributed by atoms with Crippen LogP contribution < -0.4 is 11.3 Å². The van der Waals surface area contributed by atoms with Crippen LogP contribution in [0.15, 0.2) is 0 Å². The molecule has 0 heterocycles. The molecule has 1 amide bonds. The maximum atomic E-state index is 11.7. The number of amides is 1. The Balaban J connectivity index is 4.31. The molecule has 108 valence electrons. The number of nitrogens with zero attached hydrogens (tertiary/aromatic N) is 1. The van der Waals surface area contributed by atoms with Crippen molar-refractivity contribution in [3.63, 3.8) is 0 Å². The number of ether oxygens (including phenoxy) is 2. The molecule has 6 heteroatoms. The third-order valence-corrected chi connectivity index (χ3v) is 2.80. The standard InChI is InChI=1S/C12H27N3O3/c1-12(2,11(16)14-13)10-15(7-9-18-4)6-5-8-17-3/h5-10,13H2,1-4H3,(H,14,16). The zero-order valence-corrected chi connectivity index (χ0v) is 12.0. The number of hydrazine groups is 1. The van der Waals surface area contributed by atoms with Gasteiger partial charge in [0.1, 0.15) is 0 Å². The van der Waals surface area contributed by atoms with Gasteiger partial charge in [-0.05, 0) is 20.3 Å². The average molecular weight is 261 g/mol. The first-order chi connectivity index (χ1) is 8.47. The second kappa shape index (κ2) is 9.27. The predicted molar refractivity (Wildman–Crippen MR) is 70.9 cm³/mol. The Labute approximate surface area is 110 Å². The van der Waals surface area contributed by atoms with Gasteiger partial charge in [0.25, 0.3) is 0 Å². The Morgan fingerprint density at radius 3 is 2.33 bits per heavy atom. The fourth-order valence-electron chi connectivity index (χ4n) is 1.75. The fourth-order valence-corrected chi connectivity index (χ4v) is 1.75. The Morgan fingerprint density at radius 1 is 1.22 bits per heavy atom. The minimum absolute atomic E-state index is 0.156. The second-order valence-corrected chi connectivity index (χ2v) is 4.97. The summed E-state index contributed by atoms with van der Waals surface area (Å²) in [7, 11) is 3.36. The van der Waals surface area contributed by atoms with Crippen LogP contribution in [0.5, 0.6) is 0 Å². The van der Waals surface area contributed by atoms with E-state index < -0.39 is 5.41 Å². The van der Waals surface area contributed by atoms with Crippen molar-refractivity contribution in [1.29, 1.82) is 0 Å². The first-order valence-electron chi connectivity index (χ1n) is 6.19. The van der Waals surface area contributed by atoms with E-state index in [1.165, 1.54) is 0 Å². The van der Waals surface area contributed by atoms with Crippen molar-refractivity contribution in [2.24, 2.45) is 11.3 Å². The zero-order valence-electron chi connectivity index (χ0n) is 12.0. The van der Waals surface area contributed by atoms with Crippen LogP contribution in [-0.4, -0.2) is 57.9 Å². The van der Waals surface area contributed by atoms with Crippen molar-refractivity contribution in [2.75, 3.05) is 47.1 Å². The lowest BCUT2D eigenvalue weighted by Crippen LogP contribution is -2.48. The molecule has 3 N–H and O–H groups in total. The van der Waals surface area contributed by atoms with Gasteiger partial charge in [-0.15, -0.1) is 0 Å². The van der Waals surface area contributed by atoms with E-state index in [0.717, 1.165) is 19.5 Å². The van der Waals surface area contributed by atoms with Crippen LogP contribution >= 0.6 is 0 Å². The van der Waals surface area contributed by atoms with Gasteiger partial charge < -0.3 is 9.47 Å². The van der Waals surface area contributed by atoms with E-state index in [9.17, 15) is 4.79 Å². The number of methoxy groups -OCH3 is 2. The van der Waals surface area contributed by atoms with E-state index in [1.54, 1.807) is 14.2 Å². The summed E-state index contributed by atoms with van der Waals surface area (Å²) in [5, 5.41) is 0. The number of rotatable bonds is 10. The van der Waals surface area contributed by atoms with Crippen LogP contribution in [0.2, 0.25) is 0 Å². The van der Waals surface area contributed by atoms with E-state index in [-0.39, 0.29) is 5.91 Å². The fraction of sp³-hybridized carbons (Fsp3) is 0.917. The molecule has 0 radical (unpaired) electrons. The molecule has 0 rings (SSSR count). The van der Waals surface area contributed by atoms with Crippen LogP contribution in [-0.2, 0) is 14.3 Å². The smallest absolute Gasteiger partial charge is 0.240 e. The lowest BCUT2D eigenvalue weighted by Gasteiger charge is -2.31. The number of nitrogens with two attached hydrogens (primary N) is 1. The molecule has 0 aromatic heterocycles. The van der Waals surface area contributed by atoms with Gasteiger partial charge in [0.15, 0.2) is 0 Å². The molecule has 0 aliphatic heterocycles. The second-order valence-electron chi connectivity index (χ2n) is 4.97. The van der Waals surface area contributed by atoms with Gasteiger partial charge in [0.2, 0.25) is 5.91 Å². The highest BCUT2D eigenvalue weighted by Crippen LogP contribution is 2.17. The number of carbonyl (C=O) groups is 1. The summed E-state index contributed by atoms with van der Waals surface area (Å²) < 4.78 is 10.1. The summed E-state index contributed by atoms with van der Waals surface area (Å²) in [6, 6.07) is 0. The highest BCUT2D eigenvalue weighted by molar-refractivity contribution is 5.81. The molecule has 0 aromatic carbocycles. The topological polar surface area (TPSA) is 76.8 Å². The highest BCUT2D eigenvalue weighted by Gasteiger charge is 2.29. The molecule has 0 fully saturated rings. The molecule has 0 atom stereocenters. The molecule has 0 bridgehead atoms. The van der Waals surface area contributed by atoms with Crippen LogP contribution in [0.4, 0.5) is 0 Å². The minimum Gasteiger partial charge on any atom is -0.385 e. The summed E-state index contributed by atoms with van der Waals surface area (Å²) in [4.78, 5) is 13.8. The van der Waals surface area contributed by atoms with Gasteiger partial charge >= 0.3 is 0 Å². The van der Waals surface area contributed by atoms with Crippen LogP contribution in [0.25, 0.3) is 0 Å². The highest BCUT2D eigenvalue weighted by atomic mass is 16.5. The summed E-state index contributed by atoms with van der Waals surface area (Å²) in [5.41, 5.74) is 1.69. The number of nitrogens with one attached hydrogen (secondary N) is 1. The molecule has 0 aliphatic rings. The van der Waals surface area contributed by atoms with Crippen molar-refractivity contribution >= 4 is 5.91 Å². The molecule has 6 nitrogen and oxygen atoms in total. The molecule has 18 heavy (non-hydrogen) atoms. The first-order valence-corrected chi connectivity index (χ1v) is 6.19. The monoisotopic (exact) mass is 261 g/mol. The maximum absolute atomic E-state index is 11.7. The molecule has 0 saturated heterocycles.